The molecule has 0 aliphatic carbocycles. The van der Waals surface area contributed by atoms with Crippen LogP contribution in [0, 0.1) is 0 Å². The summed E-state index contributed by atoms with van der Waals surface area (Å²) >= 11 is 5.46. The van der Waals surface area contributed by atoms with Crippen LogP contribution in [0.2, 0.25) is 0 Å². The summed E-state index contributed by atoms with van der Waals surface area (Å²) in [6.07, 6.45) is 0.742. The van der Waals surface area contributed by atoms with Gasteiger partial charge >= 0.3 is 0 Å². The topological polar surface area (TPSA) is 49.3 Å². The number of hydrogen-bond acceptors (Lipinski definition) is 2. The Bertz CT molecular complexity index is 315. The van der Waals surface area contributed by atoms with Crippen molar-refractivity contribution in [3.63, 3.8) is 0 Å². The van der Waals surface area contributed by atoms with Crippen molar-refractivity contribution in [1.29, 1.82) is 0 Å². The monoisotopic (exact) mass is 213 g/mol. The van der Waals surface area contributed by atoms with Crippen LogP contribution in [0.5, 0.6) is 5.75 Å². The van der Waals surface area contributed by atoms with Crippen molar-refractivity contribution in [2.75, 3.05) is 12.4 Å². The van der Waals surface area contributed by atoms with Gasteiger partial charge in [-0.3, -0.25) is 4.79 Å². The fourth-order valence-electron chi connectivity index (χ4n) is 1.02. The molecular formula is C10H12ClNO2. The number of aromatic hydroxyl groups is 1. The van der Waals surface area contributed by atoms with E-state index in [9.17, 15) is 4.79 Å². The van der Waals surface area contributed by atoms with Gasteiger partial charge in [0.15, 0.2) is 0 Å². The van der Waals surface area contributed by atoms with Gasteiger partial charge in [0.25, 0.3) is 5.91 Å². The molecule has 1 amide bonds. The molecule has 3 nitrogen and oxygen atoms in total. The highest BCUT2D eigenvalue weighted by atomic mass is 35.5. The number of nitrogens with one attached hydrogen (secondary N) is 1. The van der Waals surface area contributed by atoms with Crippen LogP contribution in [-0.4, -0.2) is 23.4 Å². The molecule has 0 spiro atoms. The number of carbonyl (C=O) groups is 1. The van der Waals surface area contributed by atoms with Crippen LogP contribution in [-0.2, 0) is 0 Å². The van der Waals surface area contributed by atoms with Crippen molar-refractivity contribution in [3.8, 4) is 5.75 Å². The summed E-state index contributed by atoms with van der Waals surface area (Å²) in [6.45, 7) is 0.554. The Morgan fingerprint density at radius 1 is 1.50 bits per heavy atom. The van der Waals surface area contributed by atoms with E-state index >= 15 is 0 Å². The summed E-state index contributed by atoms with van der Waals surface area (Å²) in [5.41, 5.74) is 0.458. The second-order valence-electron chi connectivity index (χ2n) is 2.85. The van der Waals surface area contributed by atoms with Crippen LogP contribution in [0.25, 0.3) is 0 Å². The zero-order chi connectivity index (χ0) is 10.4. The molecule has 0 saturated carbocycles. The highest BCUT2D eigenvalue weighted by molar-refractivity contribution is 6.17. The Labute approximate surface area is 87.7 Å². The first kappa shape index (κ1) is 10.9. The number of phenols is 1. The molecule has 0 aliphatic heterocycles. The predicted molar refractivity (Wildman–Crippen MR) is 55.8 cm³/mol. The van der Waals surface area contributed by atoms with E-state index in [2.05, 4.69) is 5.32 Å². The lowest BCUT2D eigenvalue weighted by Crippen LogP contribution is -2.24. The van der Waals surface area contributed by atoms with E-state index in [0.717, 1.165) is 6.42 Å². The number of phenolic OH excluding ortho intramolecular Hbond substituents is 1. The molecule has 0 bridgehead atoms. The van der Waals surface area contributed by atoms with Crippen LogP contribution >= 0.6 is 11.6 Å². The maximum absolute atomic E-state index is 11.4. The van der Waals surface area contributed by atoms with Gasteiger partial charge in [-0.1, -0.05) is 6.07 Å². The maximum Gasteiger partial charge on any atom is 0.251 e. The largest absolute Gasteiger partial charge is 0.508 e. The first-order chi connectivity index (χ1) is 6.74. The summed E-state index contributed by atoms with van der Waals surface area (Å²) in [6, 6.07) is 6.23. The van der Waals surface area contributed by atoms with Crippen LogP contribution in [0.4, 0.5) is 0 Å². The fraction of sp³-hybridized carbons (Fsp3) is 0.300. The van der Waals surface area contributed by atoms with Gasteiger partial charge in [0.2, 0.25) is 0 Å². The van der Waals surface area contributed by atoms with Gasteiger partial charge in [-0.2, -0.15) is 0 Å². The number of alkyl halides is 1. The van der Waals surface area contributed by atoms with Crippen LogP contribution in [0.15, 0.2) is 24.3 Å². The number of hydrogen-bond donors (Lipinski definition) is 2. The zero-order valence-corrected chi connectivity index (χ0v) is 8.42. The molecule has 0 fully saturated rings. The van der Waals surface area contributed by atoms with E-state index in [1.165, 1.54) is 12.1 Å². The molecule has 0 heterocycles. The average Bonchev–Trinajstić information content (AvgIpc) is 2.18. The Morgan fingerprint density at radius 3 is 2.93 bits per heavy atom. The van der Waals surface area contributed by atoms with Crippen molar-refractivity contribution >= 4 is 17.5 Å². The lowest BCUT2D eigenvalue weighted by molar-refractivity contribution is 0.0953. The quantitative estimate of drug-likeness (QED) is 0.592. The number of benzene rings is 1. The number of rotatable bonds is 4. The lowest BCUT2D eigenvalue weighted by atomic mass is 10.2. The van der Waals surface area contributed by atoms with E-state index in [1.54, 1.807) is 12.1 Å². The molecule has 76 valence electrons. The zero-order valence-electron chi connectivity index (χ0n) is 7.66. The Kier molecular flexibility index (Phi) is 4.26. The van der Waals surface area contributed by atoms with E-state index in [-0.39, 0.29) is 11.7 Å². The fourth-order valence-corrected chi connectivity index (χ4v) is 1.15. The standard InChI is InChI=1S/C10H12ClNO2/c11-5-2-6-12-10(14)8-3-1-4-9(13)7-8/h1,3-4,7,13H,2,5-6H2,(H,12,14). The van der Waals surface area contributed by atoms with Crippen molar-refractivity contribution in [2.45, 2.75) is 6.42 Å². The van der Waals surface area contributed by atoms with Crippen molar-refractivity contribution < 1.29 is 9.90 Å². The van der Waals surface area contributed by atoms with Gasteiger partial charge in [-0.15, -0.1) is 11.6 Å². The molecule has 0 aromatic heterocycles. The molecule has 0 saturated heterocycles. The minimum atomic E-state index is -0.189. The summed E-state index contributed by atoms with van der Waals surface area (Å²) in [5, 5.41) is 11.8. The summed E-state index contributed by atoms with van der Waals surface area (Å²) in [5.74, 6) is 0.432. The SMILES string of the molecule is O=C(NCCCCl)c1cccc(O)c1. The molecule has 2 N–H and O–H groups in total. The highest BCUT2D eigenvalue weighted by Crippen LogP contribution is 2.10. The van der Waals surface area contributed by atoms with Gasteiger partial charge in [0, 0.05) is 18.0 Å². The van der Waals surface area contributed by atoms with Crippen LogP contribution in [0.1, 0.15) is 16.8 Å². The van der Waals surface area contributed by atoms with E-state index in [1.807, 2.05) is 0 Å². The van der Waals surface area contributed by atoms with Gasteiger partial charge in [0.05, 0.1) is 0 Å². The van der Waals surface area contributed by atoms with Gasteiger partial charge in [-0.05, 0) is 24.6 Å². The number of amides is 1. The second kappa shape index (κ2) is 5.50. The summed E-state index contributed by atoms with van der Waals surface area (Å²) in [4.78, 5) is 11.4. The minimum absolute atomic E-state index is 0.0926. The molecule has 0 atom stereocenters. The maximum atomic E-state index is 11.4. The van der Waals surface area contributed by atoms with E-state index in [4.69, 9.17) is 16.7 Å². The third kappa shape index (κ3) is 3.26. The third-order valence-electron chi connectivity index (χ3n) is 1.70. The van der Waals surface area contributed by atoms with Crippen molar-refractivity contribution in [3.05, 3.63) is 29.8 Å². The minimum Gasteiger partial charge on any atom is -0.508 e. The van der Waals surface area contributed by atoms with Crippen molar-refractivity contribution in [2.24, 2.45) is 0 Å². The van der Waals surface area contributed by atoms with Crippen LogP contribution in [0.3, 0.4) is 0 Å². The Hall–Kier alpha value is -1.22. The molecule has 1 rings (SSSR count). The molecule has 4 heteroatoms. The average molecular weight is 214 g/mol. The third-order valence-corrected chi connectivity index (χ3v) is 1.97. The molecule has 14 heavy (non-hydrogen) atoms. The normalized spacial score (nSPS) is 9.79. The van der Waals surface area contributed by atoms with Gasteiger partial charge < -0.3 is 10.4 Å². The molecule has 0 aliphatic rings. The van der Waals surface area contributed by atoms with Crippen LogP contribution < -0.4 is 5.32 Å². The number of carbonyl (C=O) groups excluding carboxylic acids is 1. The lowest BCUT2D eigenvalue weighted by Gasteiger charge is -2.03. The number of halogens is 1. The first-order valence-electron chi connectivity index (χ1n) is 4.37. The Balaban J connectivity index is 2.52. The predicted octanol–water partition coefficient (Wildman–Crippen LogP) is 1.75. The summed E-state index contributed by atoms with van der Waals surface area (Å²) in [7, 11) is 0. The highest BCUT2D eigenvalue weighted by Gasteiger charge is 2.04. The second-order valence-corrected chi connectivity index (χ2v) is 3.23. The molecule has 0 unspecified atom stereocenters. The van der Waals surface area contributed by atoms with Crippen molar-refractivity contribution in [1.82, 2.24) is 5.32 Å². The van der Waals surface area contributed by atoms with Gasteiger partial charge in [0.1, 0.15) is 5.75 Å². The molecule has 1 aromatic rings. The Morgan fingerprint density at radius 2 is 2.29 bits per heavy atom. The smallest absolute Gasteiger partial charge is 0.251 e. The van der Waals surface area contributed by atoms with E-state index < -0.39 is 0 Å². The molecular weight excluding hydrogens is 202 g/mol. The molecule has 1 aromatic carbocycles. The van der Waals surface area contributed by atoms with Gasteiger partial charge in [-0.25, -0.2) is 0 Å². The summed E-state index contributed by atoms with van der Waals surface area (Å²) < 4.78 is 0. The van der Waals surface area contributed by atoms with E-state index in [0.29, 0.717) is 18.0 Å². The first-order valence-corrected chi connectivity index (χ1v) is 4.90. The molecule has 0 radical (unpaired) electrons.